The fourth-order valence-corrected chi connectivity index (χ4v) is 1.94. The molecule has 0 radical (unpaired) electrons. The normalized spacial score (nSPS) is 12.8. The molecule has 4 nitrogen and oxygen atoms in total. The van der Waals surface area contributed by atoms with E-state index in [9.17, 15) is 4.79 Å². The number of benzene rings is 1. The number of hydrogen-bond donors (Lipinski definition) is 1. The Kier molecular flexibility index (Phi) is 5.21. The standard InChI is InChI=1S/C15H23NO3/c1-5-13(15(3,4)14(17)18-6-2)19-12-9-7-8-11(16)10-12/h7-10,13H,5-6,16H2,1-4H3. The largest absolute Gasteiger partial charge is 0.489 e. The maximum atomic E-state index is 12.0. The summed E-state index contributed by atoms with van der Waals surface area (Å²) in [6, 6.07) is 7.21. The van der Waals surface area contributed by atoms with E-state index in [0.29, 0.717) is 24.5 Å². The summed E-state index contributed by atoms with van der Waals surface area (Å²) in [7, 11) is 0. The second kappa shape index (κ2) is 6.45. The third-order valence-corrected chi connectivity index (χ3v) is 3.11. The van der Waals surface area contributed by atoms with Crippen molar-refractivity contribution in [1.29, 1.82) is 0 Å². The highest BCUT2D eigenvalue weighted by Crippen LogP contribution is 2.29. The van der Waals surface area contributed by atoms with Crippen molar-refractivity contribution in [3.8, 4) is 5.75 Å². The van der Waals surface area contributed by atoms with Gasteiger partial charge in [0.05, 0.1) is 12.0 Å². The van der Waals surface area contributed by atoms with Crippen molar-refractivity contribution in [1.82, 2.24) is 0 Å². The summed E-state index contributed by atoms with van der Waals surface area (Å²) >= 11 is 0. The fraction of sp³-hybridized carbons (Fsp3) is 0.533. The van der Waals surface area contributed by atoms with Crippen molar-refractivity contribution in [2.75, 3.05) is 12.3 Å². The number of ether oxygens (including phenoxy) is 2. The second-order valence-corrected chi connectivity index (χ2v) is 5.03. The van der Waals surface area contributed by atoms with Gasteiger partial charge in [0, 0.05) is 11.8 Å². The molecular weight excluding hydrogens is 242 g/mol. The third kappa shape index (κ3) is 3.88. The monoisotopic (exact) mass is 265 g/mol. The van der Waals surface area contributed by atoms with Gasteiger partial charge in [-0.1, -0.05) is 13.0 Å². The molecule has 0 saturated heterocycles. The van der Waals surface area contributed by atoms with Crippen LogP contribution in [0.4, 0.5) is 5.69 Å². The van der Waals surface area contributed by atoms with E-state index < -0.39 is 5.41 Å². The number of nitrogens with two attached hydrogens (primary N) is 1. The van der Waals surface area contributed by atoms with E-state index in [0.717, 1.165) is 0 Å². The van der Waals surface area contributed by atoms with Gasteiger partial charge in [-0.2, -0.15) is 0 Å². The zero-order chi connectivity index (χ0) is 14.5. The SMILES string of the molecule is CCOC(=O)C(C)(C)C(CC)Oc1cccc(N)c1. The van der Waals surface area contributed by atoms with E-state index >= 15 is 0 Å². The second-order valence-electron chi connectivity index (χ2n) is 5.03. The lowest BCUT2D eigenvalue weighted by atomic mass is 9.85. The molecular formula is C15H23NO3. The van der Waals surface area contributed by atoms with E-state index in [2.05, 4.69) is 0 Å². The molecule has 0 amide bonds. The molecule has 1 aromatic rings. The van der Waals surface area contributed by atoms with Gasteiger partial charge < -0.3 is 15.2 Å². The van der Waals surface area contributed by atoms with Crippen molar-refractivity contribution in [2.24, 2.45) is 5.41 Å². The van der Waals surface area contributed by atoms with Crippen LogP contribution in [0.2, 0.25) is 0 Å². The van der Waals surface area contributed by atoms with Crippen LogP contribution in [0.3, 0.4) is 0 Å². The molecule has 2 N–H and O–H groups in total. The van der Waals surface area contributed by atoms with E-state index in [4.69, 9.17) is 15.2 Å². The number of esters is 1. The van der Waals surface area contributed by atoms with Crippen LogP contribution >= 0.6 is 0 Å². The van der Waals surface area contributed by atoms with Crippen LogP contribution in [0.1, 0.15) is 34.1 Å². The zero-order valence-corrected chi connectivity index (χ0v) is 12.1. The number of carbonyl (C=O) groups is 1. The van der Waals surface area contributed by atoms with Gasteiger partial charge in [-0.25, -0.2) is 0 Å². The Labute approximate surface area is 114 Å². The molecule has 1 atom stereocenters. The van der Waals surface area contributed by atoms with Crippen LogP contribution < -0.4 is 10.5 Å². The highest BCUT2D eigenvalue weighted by molar-refractivity contribution is 5.76. The number of hydrogen-bond acceptors (Lipinski definition) is 4. The quantitative estimate of drug-likeness (QED) is 0.634. The molecule has 1 aromatic carbocycles. The van der Waals surface area contributed by atoms with Crippen molar-refractivity contribution < 1.29 is 14.3 Å². The molecule has 1 unspecified atom stereocenters. The van der Waals surface area contributed by atoms with Gasteiger partial charge in [0.2, 0.25) is 0 Å². The van der Waals surface area contributed by atoms with Gasteiger partial charge in [-0.05, 0) is 39.3 Å². The fourth-order valence-electron chi connectivity index (χ4n) is 1.94. The average Bonchev–Trinajstić information content (AvgIpc) is 2.36. The van der Waals surface area contributed by atoms with Gasteiger partial charge in [0.15, 0.2) is 0 Å². The van der Waals surface area contributed by atoms with Crippen molar-refractivity contribution in [3.63, 3.8) is 0 Å². The molecule has 4 heteroatoms. The van der Waals surface area contributed by atoms with Gasteiger partial charge >= 0.3 is 5.97 Å². The molecule has 0 aliphatic carbocycles. The Morgan fingerprint density at radius 3 is 2.58 bits per heavy atom. The van der Waals surface area contributed by atoms with Crippen molar-refractivity contribution in [3.05, 3.63) is 24.3 Å². The Hall–Kier alpha value is -1.71. The van der Waals surface area contributed by atoms with Crippen LogP contribution in [0, 0.1) is 5.41 Å². The first-order chi connectivity index (χ1) is 8.91. The first-order valence-corrected chi connectivity index (χ1v) is 6.61. The Morgan fingerprint density at radius 1 is 1.37 bits per heavy atom. The highest BCUT2D eigenvalue weighted by Gasteiger charge is 2.39. The first-order valence-electron chi connectivity index (χ1n) is 6.61. The summed E-state index contributed by atoms with van der Waals surface area (Å²) in [5, 5.41) is 0. The van der Waals surface area contributed by atoms with E-state index in [1.165, 1.54) is 0 Å². The van der Waals surface area contributed by atoms with Gasteiger partial charge in [-0.15, -0.1) is 0 Å². The summed E-state index contributed by atoms with van der Waals surface area (Å²) in [6.07, 6.45) is 0.453. The minimum atomic E-state index is -0.699. The lowest BCUT2D eigenvalue weighted by molar-refractivity contribution is -0.159. The smallest absolute Gasteiger partial charge is 0.315 e. The molecule has 1 rings (SSSR count). The van der Waals surface area contributed by atoms with Crippen LogP contribution in [0.25, 0.3) is 0 Å². The van der Waals surface area contributed by atoms with Gasteiger partial charge in [0.1, 0.15) is 11.9 Å². The number of anilines is 1. The van der Waals surface area contributed by atoms with Crippen molar-refractivity contribution in [2.45, 2.75) is 40.2 Å². The van der Waals surface area contributed by atoms with Crippen LogP contribution in [0.5, 0.6) is 5.75 Å². The van der Waals surface area contributed by atoms with Gasteiger partial charge in [-0.3, -0.25) is 4.79 Å². The molecule has 0 aromatic heterocycles. The molecule has 0 heterocycles. The number of rotatable bonds is 6. The number of nitrogen functional groups attached to an aromatic ring is 1. The van der Waals surface area contributed by atoms with Crippen molar-refractivity contribution >= 4 is 11.7 Å². The first kappa shape index (κ1) is 15.3. The molecule has 0 aliphatic heterocycles. The van der Waals surface area contributed by atoms with Crippen LogP contribution in [0.15, 0.2) is 24.3 Å². The zero-order valence-electron chi connectivity index (χ0n) is 12.1. The molecule has 106 valence electrons. The van der Waals surface area contributed by atoms with Crippen LogP contribution in [-0.4, -0.2) is 18.7 Å². The van der Waals surface area contributed by atoms with E-state index in [1.54, 1.807) is 19.1 Å². The topological polar surface area (TPSA) is 61.5 Å². The Bertz CT molecular complexity index is 429. The minimum Gasteiger partial charge on any atom is -0.489 e. The molecule has 0 aliphatic rings. The summed E-state index contributed by atoms with van der Waals surface area (Å²) in [6.45, 7) is 7.83. The molecule has 0 fully saturated rings. The lowest BCUT2D eigenvalue weighted by Crippen LogP contribution is -2.41. The summed E-state index contributed by atoms with van der Waals surface area (Å²) < 4.78 is 11.0. The average molecular weight is 265 g/mol. The Morgan fingerprint density at radius 2 is 2.05 bits per heavy atom. The van der Waals surface area contributed by atoms with E-state index in [-0.39, 0.29) is 12.1 Å². The predicted molar refractivity (Wildman–Crippen MR) is 76.0 cm³/mol. The number of carbonyl (C=O) groups excluding carboxylic acids is 1. The summed E-state index contributed by atoms with van der Waals surface area (Å²) in [5.74, 6) is 0.426. The maximum Gasteiger partial charge on any atom is 0.315 e. The molecule has 19 heavy (non-hydrogen) atoms. The molecule has 0 bridgehead atoms. The lowest BCUT2D eigenvalue weighted by Gasteiger charge is -2.31. The Balaban J connectivity index is 2.85. The van der Waals surface area contributed by atoms with Gasteiger partial charge in [0.25, 0.3) is 0 Å². The highest BCUT2D eigenvalue weighted by atomic mass is 16.5. The molecule has 0 saturated carbocycles. The third-order valence-electron chi connectivity index (χ3n) is 3.11. The summed E-state index contributed by atoms with van der Waals surface area (Å²) in [4.78, 5) is 12.0. The maximum absolute atomic E-state index is 12.0. The van der Waals surface area contributed by atoms with E-state index in [1.807, 2.05) is 32.9 Å². The predicted octanol–water partition coefficient (Wildman–Crippen LogP) is 3.02. The van der Waals surface area contributed by atoms with Crippen LogP contribution in [-0.2, 0) is 9.53 Å². The molecule has 0 spiro atoms. The minimum absolute atomic E-state index is 0.245. The summed E-state index contributed by atoms with van der Waals surface area (Å²) in [5.41, 5.74) is 5.66.